The highest BCUT2D eigenvalue weighted by atomic mass is 32.1. The number of H-pyrrole nitrogens is 1. The number of halogens is 2. The van der Waals surface area contributed by atoms with E-state index in [1.54, 1.807) is 37.6 Å². The van der Waals surface area contributed by atoms with Gasteiger partial charge in [0.15, 0.2) is 11.6 Å². The van der Waals surface area contributed by atoms with E-state index in [0.717, 1.165) is 17.3 Å². The second-order valence-electron chi connectivity index (χ2n) is 8.68. The number of aromatic amines is 1. The standard InChI is InChI=1S/C29H23F2N5O3S/c1-16(32-2)26(28(37)34-19-5-3-18(30)4-6-19)29(38)35-20-7-8-25(22(31)13-20)39-24-9-11-33-27-21(24)14-23(36-27)17-10-12-40-15-17/h3-15,32H,1-2H3,(H,33,36)(H,34,37)(H,35,38)/b26-16+. The SMILES string of the molecule is CN/C(C)=C(\C(=O)Nc1ccc(F)cc1)C(=O)Nc1ccc(Oc2ccnc3[nH]c(-c4ccsc4)cc23)c(F)c1. The van der Waals surface area contributed by atoms with Gasteiger partial charge in [-0.05, 0) is 66.9 Å². The van der Waals surface area contributed by atoms with E-state index >= 15 is 4.39 Å². The van der Waals surface area contributed by atoms with Crippen LogP contribution in [0.5, 0.6) is 11.5 Å². The first kappa shape index (κ1) is 26.6. The van der Waals surface area contributed by atoms with Gasteiger partial charge in [0.05, 0.1) is 5.39 Å². The summed E-state index contributed by atoms with van der Waals surface area (Å²) in [6, 6.07) is 14.6. The molecule has 0 fully saturated rings. The molecule has 3 heterocycles. The van der Waals surface area contributed by atoms with Crippen molar-refractivity contribution in [3.8, 4) is 22.8 Å². The minimum atomic E-state index is -0.761. The zero-order valence-corrected chi connectivity index (χ0v) is 22.2. The van der Waals surface area contributed by atoms with Crippen LogP contribution in [0, 0.1) is 11.6 Å². The van der Waals surface area contributed by atoms with Crippen molar-refractivity contribution in [2.45, 2.75) is 6.92 Å². The van der Waals surface area contributed by atoms with Gasteiger partial charge in [-0.1, -0.05) is 0 Å². The third-order valence-corrected chi connectivity index (χ3v) is 6.72. The van der Waals surface area contributed by atoms with Gasteiger partial charge in [0.1, 0.15) is 22.8 Å². The zero-order valence-electron chi connectivity index (χ0n) is 21.3. The van der Waals surface area contributed by atoms with E-state index in [2.05, 4.69) is 25.9 Å². The minimum absolute atomic E-state index is 0.0555. The molecule has 40 heavy (non-hydrogen) atoms. The first-order chi connectivity index (χ1) is 19.3. The largest absolute Gasteiger partial charge is 0.453 e. The molecular weight excluding hydrogens is 536 g/mol. The van der Waals surface area contributed by atoms with Crippen LogP contribution in [0.2, 0.25) is 0 Å². The Balaban J connectivity index is 1.33. The highest BCUT2D eigenvalue weighted by molar-refractivity contribution is 7.08. The van der Waals surface area contributed by atoms with Crippen molar-refractivity contribution in [3.63, 3.8) is 0 Å². The van der Waals surface area contributed by atoms with Crippen molar-refractivity contribution in [1.82, 2.24) is 15.3 Å². The minimum Gasteiger partial charge on any atom is -0.453 e. The Hall–Kier alpha value is -5.03. The van der Waals surface area contributed by atoms with Gasteiger partial charge in [0.25, 0.3) is 11.8 Å². The molecule has 5 aromatic rings. The quantitative estimate of drug-likeness (QED) is 0.0995. The Morgan fingerprint density at radius 1 is 0.925 bits per heavy atom. The molecule has 0 spiro atoms. The number of nitrogens with one attached hydrogen (secondary N) is 4. The van der Waals surface area contributed by atoms with Gasteiger partial charge in [-0.15, -0.1) is 0 Å². The summed E-state index contributed by atoms with van der Waals surface area (Å²) in [5.74, 6) is -2.30. The molecule has 8 nitrogen and oxygen atoms in total. The third kappa shape index (κ3) is 5.69. The molecule has 0 saturated carbocycles. The van der Waals surface area contributed by atoms with Gasteiger partial charge in [0, 0.05) is 53.0 Å². The Labute approximate surface area is 231 Å². The lowest BCUT2D eigenvalue weighted by Gasteiger charge is -2.14. The maximum Gasteiger partial charge on any atom is 0.263 e. The molecule has 0 aliphatic heterocycles. The Morgan fingerprint density at radius 3 is 2.33 bits per heavy atom. The van der Waals surface area contributed by atoms with Gasteiger partial charge in [0.2, 0.25) is 0 Å². The van der Waals surface area contributed by atoms with Crippen molar-refractivity contribution in [2.24, 2.45) is 0 Å². The topological polar surface area (TPSA) is 108 Å². The number of fused-ring (bicyclic) bond motifs is 1. The number of carbonyl (C=O) groups excluding carboxylic acids is 2. The van der Waals surface area contributed by atoms with Crippen LogP contribution in [-0.2, 0) is 9.59 Å². The lowest BCUT2D eigenvalue weighted by atomic mass is 10.1. The van der Waals surface area contributed by atoms with Crippen molar-refractivity contribution < 1.29 is 23.1 Å². The highest BCUT2D eigenvalue weighted by Crippen LogP contribution is 2.34. The second-order valence-corrected chi connectivity index (χ2v) is 9.46. The fourth-order valence-electron chi connectivity index (χ4n) is 3.93. The molecular formula is C29H23F2N5O3S. The maximum absolute atomic E-state index is 15.1. The molecule has 2 aromatic carbocycles. The Bertz CT molecular complexity index is 1730. The van der Waals surface area contributed by atoms with Crippen molar-refractivity contribution in [3.05, 3.63) is 101 Å². The second kappa shape index (κ2) is 11.4. The molecule has 0 atom stereocenters. The molecule has 0 aliphatic carbocycles. The summed E-state index contributed by atoms with van der Waals surface area (Å²) in [6.07, 6.45) is 1.56. The molecule has 202 valence electrons. The molecule has 3 aromatic heterocycles. The van der Waals surface area contributed by atoms with Gasteiger partial charge in [-0.25, -0.2) is 13.8 Å². The molecule has 0 bridgehead atoms. The zero-order chi connectivity index (χ0) is 28.2. The van der Waals surface area contributed by atoms with Crippen LogP contribution in [-0.4, -0.2) is 28.8 Å². The molecule has 4 N–H and O–H groups in total. The third-order valence-electron chi connectivity index (χ3n) is 6.04. The molecule has 0 aliphatic rings. The maximum atomic E-state index is 15.1. The van der Waals surface area contributed by atoms with E-state index in [-0.39, 0.29) is 22.7 Å². The number of thiophene rings is 1. The van der Waals surface area contributed by atoms with Gasteiger partial charge < -0.3 is 25.7 Å². The normalized spacial score (nSPS) is 11.6. The lowest BCUT2D eigenvalue weighted by molar-refractivity contribution is -0.118. The lowest BCUT2D eigenvalue weighted by Crippen LogP contribution is -2.29. The van der Waals surface area contributed by atoms with Crippen LogP contribution in [0.1, 0.15) is 6.92 Å². The Kier molecular flexibility index (Phi) is 7.56. The molecule has 5 rings (SSSR count). The van der Waals surface area contributed by atoms with Crippen molar-refractivity contribution in [1.29, 1.82) is 0 Å². The summed E-state index contributed by atoms with van der Waals surface area (Å²) in [7, 11) is 1.56. The first-order valence-electron chi connectivity index (χ1n) is 12.1. The van der Waals surface area contributed by atoms with Gasteiger partial charge >= 0.3 is 0 Å². The summed E-state index contributed by atoms with van der Waals surface area (Å²) in [5.41, 5.74) is 2.96. The number of carbonyl (C=O) groups is 2. The summed E-state index contributed by atoms with van der Waals surface area (Å²) in [5, 5.41) is 12.5. The van der Waals surface area contributed by atoms with Crippen LogP contribution < -0.4 is 20.7 Å². The van der Waals surface area contributed by atoms with Gasteiger partial charge in [-0.2, -0.15) is 11.3 Å². The van der Waals surface area contributed by atoms with E-state index in [1.165, 1.54) is 36.4 Å². The van der Waals surface area contributed by atoms with E-state index < -0.39 is 23.4 Å². The summed E-state index contributed by atoms with van der Waals surface area (Å²) >= 11 is 1.57. The highest BCUT2D eigenvalue weighted by Gasteiger charge is 2.22. The number of aromatic nitrogens is 2. The van der Waals surface area contributed by atoms with Crippen LogP contribution >= 0.6 is 11.3 Å². The molecule has 2 amide bonds. The number of anilines is 2. The predicted octanol–water partition coefficient (Wildman–Crippen LogP) is 6.43. The number of benzene rings is 2. The van der Waals surface area contributed by atoms with E-state index in [9.17, 15) is 14.0 Å². The van der Waals surface area contributed by atoms with Crippen LogP contribution in [0.25, 0.3) is 22.3 Å². The average Bonchev–Trinajstić information content (AvgIpc) is 3.62. The number of nitrogens with zero attached hydrogens (tertiary/aromatic N) is 1. The van der Waals surface area contributed by atoms with Crippen LogP contribution in [0.4, 0.5) is 20.2 Å². The van der Waals surface area contributed by atoms with E-state index in [0.29, 0.717) is 22.5 Å². The number of pyridine rings is 1. The summed E-state index contributed by atoms with van der Waals surface area (Å²) < 4.78 is 34.2. The summed E-state index contributed by atoms with van der Waals surface area (Å²) in [6.45, 7) is 1.55. The number of hydrogen-bond donors (Lipinski definition) is 4. The first-order valence-corrected chi connectivity index (χ1v) is 13.0. The van der Waals surface area contributed by atoms with E-state index in [1.807, 2.05) is 22.9 Å². The summed E-state index contributed by atoms with van der Waals surface area (Å²) in [4.78, 5) is 33.5. The number of hydrogen-bond acceptors (Lipinski definition) is 6. The number of rotatable bonds is 8. The number of allylic oxidation sites excluding steroid dienone is 1. The van der Waals surface area contributed by atoms with Crippen molar-refractivity contribution >= 4 is 45.6 Å². The predicted molar refractivity (Wildman–Crippen MR) is 151 cm³/mol. The number of amides is 2. The molecule has 11 heteroatoms. The van der Waals surface area contributed by atoms with Crippen LogP contribution in [0.3, 0.4) is 0 Å². The molecule has 0 saturated heterocycles. The fourth-order valence-corrected chi connectivity index (χ4v) is 4.59. The monoisotopic (exact) mass is 559 g/mol. The molecule has 0 radical (unpaired) electrons. The van der Waals surface area contributed by atoms with Crippen molar-refractivity contribution in [2.75, 3.05) is 17.7 Å². The average molecular weight is 560 g/mol. The van der Waals surface area contributed by atoms with E-state index in [4.69, 9.17) is 4.74 Å². The smallest absolute Gasteiger partial charge is 0.263 e. The van der Waals surface area contributed by atoms with Gasteiger partial charge in [-0.3, -0.25) is 9.59 Å². The van der Waals surface area contributed by atoms with Crippen LogP contribution in [0.15, 0.2) is 88.9 Å². The molecule has 0 unspecified atom stereocenters. The number of ether oxygens (including phenoxy) is 1. The Morgan fingerprint density at radius 2 is 1.65 bits per heavy atom. The fraction of sp³-hybridized carbons (Fsp3) is 0.0690.